The molecule has 0 saturated heterocycles. The van der Waals surface area contributed by atoms with E-state index in [9.17, 15) is 9.59 Å². The Bertz CT molecular complexity index is 1100. The van der Waals surface area contributed by atoms with Crippen molar-refractivity contribution in [2.24, 2.45) is 0 Å². The van der Waals surface area contributed by atoms with Gasteiger partial charge in [-0.05, 0) is 36.1 Å². The number of fused-ring (bicyclic) bond motifs is 2. The van der Waals surface area contributed by atoms with Crippen LogP contribution in [0.5, 0.6) is 5.75 Å². The fourth-order valence-corrected chi connectivity index (χ4v) is 3.76. The molecule has 3 N–H and O–H groups in total. The van der Waals surface area contributed by atoms with Crippen LogP contribution in [-0.4, -0.2) is 44.6 Å². The summed E-state index contributed by atoms with van der Waals surface area (Å²) in [6, 6.07) is 10.7. The van der Waals surface area contributed by atoms with Crippen LogP contribution in [-0.2, 0) is 11.2 Å². The molecule has 146 valence electrons. The second-order valence-corrected chi connectivity index (χ2v) is 7.03. The molecule has 0 radical (unpaired) electrons. The molecule has 0 fully saturated rings. The van der Waals surface area contributed by atoms with Crippen LogP contribution in [0.25, 0.3) is 0 Å². The van der Waals surface area contributed by atoms with E-state index in [-0.39, 0.29) is 18.3 Å². The Morgan fingerprint density at radius 3 is 3.00 bits per heavy atom. The maximum absolute atomic E-state index is 12.6. The summed E-state index contributed by atoms with van der Waals surface area (Å²) in [5.41, 5.74) is 2.50. The van der Waals surface area contributed by atoms with E-state index in [2.05, 4.69) is 42.9 Å². The second kappa shape index (κ2) is 7.01. The van der Waals surface area contributed by atoms with Crippen LogP contribution in [0.1, 0.15) is 39.9 Å². The summed E-state index contributed by atoms with van der Waals surface area (Å²) in [6.07, 6.45) is 3.44. The van der Waals surface area contributed by atoms with Crippen LogP contribution >= 0.6 is 0 Å². The summed E-state index contributed by atoms with van der Waals surface area (Å²) in [5.74, 6) is 0.675. The third kappa shape index (κ3) is 3.20. The van der Waals surface area contributed by atoms with E-state index in [1.54, 1.807) is 18.3 Å². The van der Waals surface area contributed by atoms with Gasteiger partial charge in [0, 0.05) is 12.1 Å². The minimum Gasteiger partial charge on any atom is -0.487 e. The summed E-state index contributed by atoms with van der Waals surface area (Å²) in [6.45, 7) is -0.00669. The molecule has 3 aromatic rings. The lowest BCUT2D eigenvalue weighted by atomic mass is 10.0. The Kier molecular flexibility index (Phi) is 4.19. The smallest absolute Gasteiger partial charge is 0.289 e. The van der Waals surface area contributed by atoms with Gasteiger partial charge in [0.15, 0.2) is 11.6 Å². The SMILES string of the molecule is O=C(N[C@H]1COc2cccnc2NC1=O)c1nnc([C@@H]2CCc3ccccc32)[nH]1. The third-order valence-corrected chi connectivity index (χ3v) is 5.22. The number of pyridine rings is 1. The quantitative estimate of drug-likeness (QED) is 0.622. The molecule has 2 aromatic heterocycles. The van der Waals surface area contributed by atoms with E-state index < -0.39 is 17.9 Å². The van der Waals surface area contributed by atoms with Gasteiger partial charge >= 0.3 is 0 Å². The number of carbonyl (C=O) groups is 2. The standard InChI is InChI=1S/C20H18N6O3/c27-19-14(10-29-15-6-3-9-21-17(15)24-19)22-20(28)18-23-16(25-26-18)13-8-7-11-4-1-2-5-12(11)13/h1-6,9,13-14H,7-8,10H2,(H,22,28)(H,21,24,27)(H,23,25,26)/t13-,14+/m1/s1. The van der Waals surface area contributed by atoms with E-state index in [4.69, 9.17) is 4.74 Å². The molecule has 0 saturated carbocycles. The number of aryl methyl sites for hydroxylation is 1. The number of ether oxygens (including phenoxy) is 1. The van der Waals surface area contributed by atoms with Crippen LogP contribution in [0.15, 0.2) is 42.6 Å². The second-order valence-electron chi connectivity index (χ2n) is 7.03. The van der Waals surface area contributed by atoms with Gasteiger partial charge in [0.05, 0.1) is 0 Å². The minimum absolute atomic E-state index is 0.00669. The fraction of sp³-hybridized carbons (Fsp3) is 0.250. The summed E-state index contributed by atoms with van der Waals surface area (Å²) in [7, 11) is 0. The fourth-order valence-electron chi connectivity index (χ4n) is 3.76. The molecule has 3 heterocycles. The van der Waals surface area contributed by atoms with Crippen molar-refractivity contribution < 1.29 is 14.3 Å². The van der Waals surface area contributed by atoms with Crippen molar-refractivity contribution in [1.29, 1.82) is 0 Å². The Morgan fingerprint density at radius 2 is 2.07 bits per heavy atom. The van der Waals surface area contributed by atoms with Gasteiger partial charge in [-0.2, -0.15) is 0 Å². The molecule has 2 atom stereocenters. The topological polar surface area (TPSA) is 122 Å². The van der Waals surface area contributed by atoms with Gasteiger partial charge in [0.1, 0.15) is 18.5 Å². The van der Waals surface area contributed by atoms with Crippen molar-refractivity contribution in [3.05, 3.63) is 65.4 Å². The zero-order valence-corrected chi connectivity index (χ0v) is 15.4. The molecule has 29 heavy (non-hydrogen) atoms. The summed E-state index contributed by atoms with van der Waals surface area (Å²) >= 11 is 0. The summed E-state index contributed by atoms with van der Waals surface area (Å²) < 4.78 is 5.59. The monoisotopic (exact) mass is 390 g/mol. The zero-order chi connectivity index (χ0) is 19.8. The van der Waals surface area contributed by atoms with E-state index in [1.807, 2.05) is 12.1 Å². The molecule has 2 aliphatic rings. The zero-order valence-electron chi connectivity index (χ0n) is 15.4. The number of carbonyl (C=O) groups excluding carboxylic acids is 2. The van der Waals surface area contributed by atoms with E-state index in [1.165, 1.54) is 11.1 Å². The number of aromatic amines is 1. The number of rotatable bonds is 3. The van der Waals surface area contributed by atoms with Gasteiger partial charge in [-0.15, -0.1) is 10.2 Å². The van der Waals surface area contributed by atoms with Crippen LogP contribution in [0.2, 0.25) is 0 Å². The lowest BCUT2D eigenvalue weighted by Crippen LogP contribution is -2.46. The minimum atomic E-state index is -0.877. The first kappa shape index (κ1) is 17.4. The first-order valence-electron chi connectivity index (χ1n) is 9.39. The van der Waals surface area contributed by atoms with Gasteiger partial charge < -0.3 is 20.4 Å². The number of aromatic nitrogens is 4. The molecule has 1 aliphatic carbocycles. The average molecular weight is 390 g/mol. The largest absolute Gasteiger partial charge is 0.487 e. The van der Waals surface area contributed by atoms with Crippen molar-refractivity contribution in [1.82, 2.24) is 25.5 Å². The number of amides is 2. The number of hydrogen-bond donors (Lipinski definition) is 3. The Labute approximate surface area is 165 Å². The highest BCUT2D eigenvalue weighted by Crippen LogP contribution is 2.36. The Balaban J connectivity index is 1.30. The number of H-pyrrole nitrogens is 1. The van der Waals surface area contributed by atoms with Gasteiger partial charge in [-0.1, -0.05) is 24.3 Å². The van der Waals surface area contributed by atoms with Crippen LogP contribution < -0.4 is 15.4 Å². The normalized spacial score (nSPS) is 20.1. The van der Waals surface area contributed by atoms with Crippen LogP contribution in [0, 0.1) is 0 Å². The maximum Gasteiger partial charge on any atom is 0.289 e. The molecule has 9 heteroatoms. The van der Waals surface area contributed by atoms with Crippen molar-refractivity contribution >= 4 is 17.6 Å². The maximum atomic E-state index is 12.6. The van der Waals surface area contributed by atoms with Gasteiger partial charge in [-0.25, -0.2) is 4.98 Å². The lowest BCUT2D eigenvalue weighted by Gasteiger charge is -2.13. The predicted octanol–water partition coefficient (Wildman–Crippen LogP) is 1.41. The van der Waals surface area contributed by atoms with Crippen LogP contribution in [0.3, 0.4) is 0 Å². The van der Waals surface area contributed by atoms with Crippen molar-refractivity contribution in [2.45, 2.75) is 24.8 Å². The molecule has 5 rings (SSSR count). The highest BCUT2D eigenvalue weighted by molar-refractivity contribution is 6.00. The van der Waals surface area contributed by atoms with Gasteiger partial charge in [0.25, 0.3) is 11.8 Å². The highest BCUT2D eigenvalue weighted by atomic mass is 16.5. The Morgan fingerprint density at radius 1 is 1.17 bits per heavy atom. The molecular formula is C20H18N6O3. The van der Waals surface area contributed by atoms with E-state index >= 15 is 0 Å². The van der Waals surface area contributed by atoms with Gasteiger partial charge in [-0.3, -0.25) is 9.59 Å². The number of hydrogen-bond acceptors (Lipinski definition) is 6. The highest BCUT2D eigenvalue weighted by Gasteiger charge is 2.30. The first-order valence-corrected chi connectivity index (χ1v) is 9.39. The van der Waals surface area contributed by atoms with Crippen molar-refractivity contribution in [2.75, 3.05) is 11.9 Å². The van der Waals surface area contributed by atoms with Crippen molar-refractivity contribution in [3.8, 4) is 5.75 Å². The number of nitrogens with zero attached hydrogens (tertiary/aromatic N) is 3. The molecule has 9 nitrogen and oxygen atoms in total. The number of benzene rings is 1. The third-order valence-electron chi connectivity index (χ3n) is 5.22. The summed E-state index contributed by atoms with van der Waals surface area (Å²) in [5, 5.41) is 13.5. The van der Waals surface area contributed by atoms with Crippen molar-refractivity contribution in [3.63, 3.8) is 0 Å². The van der Waals surface area contributed by atoms with E-state index in [0.29, 0.717) is 17.4 Å². The number of nitrogens with one attached hydrogen (secondary N) is 3. The summed E-state index contributed by atoms with van der Waals surface area (Å²) in [4.78, 5) is 32.1. The predicted molar refractivity (Wildman–Crippen MR) is 103 cm³/mol. The van der Waals surface area contributed by atoms with Crippen LogP contribution in [0.4, 0.5) is 5.82 Å². The van der Waals surface area contributed by atoms with Gasteiger partial charge in [0.2, 0.25) is 5.82 Å². The average Bonchev–Trinajstić information content (AvgIpc) is 3.35. The molecule has 0 unspecified atom stereocenters. The molecule has 0 spiro atoms. The molecule has 2 amide bonds. The number of anilines is 1. The molecule has 1 aliphatic heterocycles. The molecule has 0 bridgehead atoms. The molecular weight excluding hydrogens is 372 g/mol. The first-order chi connectivity index (χ1) is 14.2. The van der Waals surface area contributed by atoms with E-state index in [0.717, 1.165) is 12.8 Å². The Hall–Kier alpha value is -3.75. The molecule has 1 aromatic carbocycles. The lowest BCUT2D eigenvalue weighted by molar-refractivity contribution is -0.118.